The first kappa shape index (κ1) is 15.4. The highest BCUT2D eigenvalue weighted by Gasteiger charge is 2.50. The fourth-order valence-corrected chi connectivity index (χ4v) is 4.37. The highest BCUT2D eigenvalue weighted by Crippen LogP contribution is 2.46. The van der Waals surface area contributed by atoms with E-state index >= 15 is 0 Å². The van der Waals surface area contributed by atoms with Gasteiger partial charge in [0, 0.05) is 37.4 Å². The van der Waals surface area contributed by atoms with Crippen molar-refractivity contribution in [3.63, 3.8) is 0 Å². The number of fused-ring (bicyclic) bond motifs is 2. The molecule has 1 aromatic carbocycles. The fourth-order valence-electron chi connectivity index (χ4n) is 4.37. The van der Waals surface area contributed by atoms with Crippen LogP contribution in [0.15, 0.2) is 36.5 Å². The maximum absolute atomic E-state index is 13.4. The first-order chi connectivity index (χ1) is 11.6. The number of carbonyl (C=O) groups is 1. The topological polar surface area (TPSA) is 64.2 Å². The Morgan fingerprint density at radius 2 is 2.00 bits per heavy atom. The Morgan fingerprint density at radius 1 is 1.29 bits per heavy atom. The summed E-state index contributed by atoms with van der Waals surface area (Å²) in [5.41, 5.74) is 8.48. The van der Waals surface area contributed by atoms with Gasteiger partial charge in [-0.25, -0.2) is 0 Å². The molecule has 5 rings (SSSR count). The van der Waals surface area contributed by atoms with Crippen LogP contribution in [0.4, 0.5) is 0 Å². The number of rotatable bonds is 3. The van der Waals surface area contributed by atoms with Gasteiger partial charge in [-0.1, -0.05) is 37.3 Å². The van der Waals surface area contributed by atoms with Gasteiger partial charge >= 0.3 is 0 Å². The molecule has 0 spiro atoms. The monoisotopic (exact) mass is 324 g/mol. The van der Waals surface area contributed by atoms with E-state index in [1.54, 1.807) is 4.68 Å². The smallest absolute Gasteiger partial charge is 0.275 e. The molecule has 2 N–H and O–H groups in total. The Balaban J connectivity index is 1.72. The Hall–Kier alpha value is -2.14. The first-order valence-corrected chi connectivity index (χ1v) is 8.72. The lowest BCUT2D eigenvalue weighted by Gasteiger charge is -2.57. The number of hydrogen-bond donors (Lipinski definition) is 1. The Bertz CT molecular complexity index is 748. The van der Waals surface area contributed by atoms with E-state index < -0.39 is 0 Å². The lowest BCUT2D eigenvalue weighted by molar-refractivity contribution is -0.0517. The zero-order valence-electron chi connectivity index (χ0n) is 14.2. The molecule has 2 aromatic rings. The molecular weight excluding hydrogens is 300 g/mol. The lowest BCUT2D eigenvalue weighted by atomic mass is 9.64. The summed E-state index contributed by atoms with van der Waals surface area (Å²) in [6.07, 6.45) is 4.14. The second-order valence-electron chi connectivity index (χ2n) is 7.19. The third kappa shape index (κ3) is 2.26. The van der Waals surface area contributed by atoms with Gasteiger partial charge in [0.15, 0.2) is 5.69 Å². The number of aromatic nitrogens is 2. The van der Waals surface area contributed by atoms with Gasteiger partial charge in [-0.05, 0) is 30.2 Å². The SMILES string of the molecule is C[C@@H]1C2CC(C2)N(C(=O)c2nn(C)cc2-c2ccccc2)[C@@H]1CN. The maximum atomic E-state index is 13.4. The lowest BCUT2D eigenvalue weighted by Crippen LogP contribution is -2.64. The molecular formula is C19H24N4O. The molecule has 3 heterocycles. The van der Waals surface area contributed by atoms with E-state index in [1.165, 1.54) is 0 Å². The largest absolute Gasteiger partial charge is 0.330 e. The van der Waals surface area contributed by atoms with E-state index in [4.69, 9.17) is 5.73 Å². The molecule has 126 valence electrons. The molecule has 5 heteroatoms. The maximum Gasteiger partial charge on any atom is 0.275 e. The second kappa shape index (κ2) is 5.74. The fraction of sp³-hybridized carbons (Fsp3) is 0.474. The van der Waals surface area contributed by atoms with E-state index in [9.17, 15) is 4.79 Å². The molecule has 5 nitrogen and oxygen atoms in total. The van der Waals surface area contributed by atoms with Crippen LogP contribution >= 0.6 is 0 Å². The molecule has 2 saturated heterocycles. The predicted octanol–water partition coefficient (Wildman–Crippen LogP) is 2.28. The van der Waals surface area contributed by atoms with Crippen molar-refractivity contribution in [2.45, 2.75) is 31.8 Å². The Kier molecular flexibility index (Phi) is 3.68. The second-order valence-corrected chi connectivity index (χ2v) is 7.19. The highest BCUT2D eigenvalue weighted by atomic mass is 16.2. The molecule has 1 amide bonds. The van der Waals surface area contributed by atoms with Crippen LogP contribution in [0.2, 0.25) is 0 Å². The van der Waals surface area contributed by atoms with Crippen LogP contribution < -0.4 is 5.73 Å². The van der Waals surface area contributed by atoms with Gasteiger partial charge < -0.3 is 10.6 Å². The predicted molar refractivity (Wildman–Crippen MR) is 93.3 cm³/mol. The van der Waals surface area contributed by atoms with Crippen molar-refractivity contribution in [2.75, 3.05) is 6.54 Å². The van der Waals surface area contributed by atoms with Gasteiger partial charge in [-0.3, -0.25) is 9.48 Å². The van der Waals surface area contributed by atoms with Gasteiger partial charge in [-0.2, -0.15) is 5.10 Å². The average molecular weight is 324 g/mol. The van der Waals surface area contributed by atoms with E-state index in [-0.39, 0.29) is 11.9 Å². The summed E-state index contributed by atoms with van der Waals surface area (Å²) in [4.78, 5) is 15.4. The van der Waals surface area contributed by atoms with E-state index in [0.717, 1.165) is 29.9 Å². The third-order valence-electron chi connectivity index (χ3n) is 5.84. The van der Waals surface area contributed by atoms with Crippen molar-refractivity contribution in [1.29, 1.82) is 0 Å². The molecule has 1 saturated carbocycles. The molecule has 24 heavy (non-hydrogen) atoms. The summed E-state index contributed by atoms with van der Waals surface area (Å²) < 4.78 is 1.73. The van der Waals surface area contributed by atoms with Gasteiger partial charge in [0.25, 0.3) is 5.91 Å². The molecule has 3 aliphatic rings. The molecule has 2 bridgehead atoms. The summed E-state index contributed by atoms with van der Waals surface area (Å²) in [6.45, 7) is 2.75. The summed E-state index contributed by atoms with van der Waals surface area (Å²) in [5, 5.41) is 4.49. The van der Waals surface area contributed by atoms with Crippen LogP contribution in [-0.4, -0.2) is 39.2 Å². The van der Waals surface area contributed by atoms with Crippen LogP contribution in [0.5, 0.6) is 0 Å². The molecule has 3 fully saturated rings. The van der Waals surface area contributed by atoms with Gasteiger partial charge in [0.05, 0.1) is 0 Å². The van der Waals surface area contributed by atoms with Crippen LogP contribution in [0.3, 0.4) is 0 Å². The third-order valence-corrected chi connectivity index (χ3v) is 5.84. The molecule has 2 atom stereocenters. The standard InChI is InChI=1S/C19H24N4O/c1-12-14-8-15(9-14)23(17(12)10-20)19(24)18-16(11-22(2)21-18)13-6-4-3-5-7-13/h3-7,11-12,14-15,17H,8-10,20H2,1-2H3/t12-,14?,15?,17-/m1/s1. The van der Waals surface area contributed by atoms with Crippen LogP contribution in [0.25, 0.3) is 11.1 Å². The summed E-state index contributed by atoms with van der Waals surface area (Å²) in [5.74, 6) is 1.22. The van der Waals surface area contributed by atoms with Crippen LogP contribution in [-0.2, 0) is 7.05 Å². The normalized spacial score (nSPS) is 28.5. The van der Waals surface area contributed by atoms with Crippen molar-refractivity contribution < 1.29 is 4.79 Å². The van der Waals surface area contributed by atoms with Gasteiger partial charge in [0.1, 0.15) is 0 Å². The van der Waals surface area contributed by atoms with Crippen molar-refractivity contribution in [2.24, 2.45) is 24.6 Å². The summed E-state index contributed by atoms with van der Waals surface area (Å²) >= 11 is 0. The zero-order chi connectivity index (χ0) is 16.8. The van der Waals surface area contributed by atoms with E-state index in [1.807, 2.05) is 48.5 Å². The van der Waals surface area contributed by atoms with Crippen LogP contribution in [0, 0.1) is 11.8 Å². The van der Waals surface area contributed by atoms with Crippen molar-refractivity contribution in [3.05, 3.63) is 42.2 Å². The minimum Gasteiger partial charge on any atom is -0.330 e. The summed E-state index contributed by atoms with van der Waals surface area (Å²) in [6, 6.07) is 10.4. The van der Waals surface area contributed by atoms with Gasteiger partial charge in [-0.15, -0.1) is 0 Å². The number of carbonyl (C=O) groups excluding carboxylic acids is 1. The number of hydrogen-bond acceptors (Lipinski definition) is 3. The highest BCUT2D eigenvalue weighted by molar-refractivity contribution is 5.99. The van der Waals surface area contributed by atoms with Crippen molar-refractivity contribution in [3.8, 4) is 11.1 Å². The molecule has 1 aliphatic carbocycles. The van der Waals surface area contributed by atoms with Crippen LogP contribution in [0.1, 0.15) is 30.3 Å². The Morgan fingerprint density at radius 3 is 2.67 bits per heavy atom. The molecule has 2 aliphatic heterocycles. The van der Waals surface area contributed by atoms with Crippen molar-refractivity contribution >= 4 is 5.91 Å². The minimum absolute atomic E-state index is 0.0277. The number of benzene rings is 1. The average Bonchev–Trinajstić information content (AvgIpc) is 2.95. The minimum atomic E-state index is 0.0277. The Labute approximate surface area is 142 Å². The van der Waals surface area contributed by atoms with E-state index in [0.29, 0.717) is 24.2 Å². The zero-order valence-corrected chi connectivity index (χ0v) is 14.2. The number of amides is 1. The van der Waals surface area contributed by atoms with Gasteiger partial charge in [0.2, 0.25) is 0 Å². The molecule has 1 aromatic heterocycles. The number of nitrogens with zero attached hydrogens (tertiary/aromatic N) is 3. The molecule has 0 unspecified atom stereocenters. The number of piperidine rings is 2. The number of aryl methyl sites for hydroxylation is 1. The summed E-state index contributed by atoms with van der Waals surface area (Å²) in [7, 11) is 1.86. The quantitative estimate of drug-likeness (QED) is 0.942. The first-order valence-electron chi connectivity index (χ1n) is 8.72. The molecule has 0 radical (unpaired) electrons. The number of nitrogens with two attached hydrogens (primary N) is 1. The van der Waals surface area contributed by atoms with Crippen molar-refractivity contribution in [1.82, 2.24) is 14.7 Å². The van der Waals surface area contributed by atoms with E-state index in [2.05, 4.69) is 12.0 Å².